The second kappa shape index (κ2) is 3.67. The topological polar surface area (TPSA) is 20.2 Å². The summed E-state index contributed by atoms with van der Waals surface area (Å²) in [6.07, 6.45) is 2.51. The quantitative estimate of drug-likeness (QED) is 0.796. The Morgan fingerprint density at radius 3 is 2.31 bits per heavy atom. The number of phenolic OH excluding ortho intramolecular Hbond substituents is 1. The Balaban J connectivity index is 2.18. The Bertz CT molecular complexity index is 498. The Labute approximate surface area is 95.4 Å². The van der Waals surface area contributed by atoms with Gasteiger partial charge in [0.1, 0.15) is 5.75 Å². The van der Waals surface area contributed by atoms with Crippen molar-refractivity contribution in [2.24, 2.45) is 0 Å². The van der Waals surface area contributed by atoms with Gasteiger partial charge in [0.05, 0.1) is 0 Å². The summed E-state index contributed by atoms with van der Waals surface area (Å²) in [6.45, 7) is 0. The standard InChI is InChI=1S/C15H14O/c16-14-8-4-7-13(11-9-10-11)15(14)12-5-2-1-3-6-12/h1-8,11,16H,9-10H2. The lowest BCUT2D eigenvalue weighted by Gasteiger charge is -2.10. The number of hydrogen-bond acceptors (Lipinski definition) is 1. The van der Waals surface area contributed by atoms with Crippen LogP contribution in [0.2, 0.25) is 0 Å². The van der Waals surface area contributed by atoms with E-state index in [-0.39, 0.29) is 0 Å². The molecule has 0 spiro atoms. The van der Waals surface area contributed by atoms with E-state index in [2.05, 4.69) is 18.2 Å². The van der Waals surface area contributed by atoms with Crippen LogP contribution in [0.15, 0.2) is 48.5 Å². The SMILES string of the molecule is Oc1cccc(C2CC2)c1-c1ccccc1. The van der Waals surface area contributed by atoms with Crippen molar-refractivity contribution in [1.82, 2.24) is 0 Å². The number of hydrogen-bond donors (Lipinski definition) is 1. The van der Waals surface area contributed by atoms with Crippen LogP contribution < -0.4 is 0 Å². The van der Waals surface area contributed by atoms with Crippen molar-refractivity contribution >= 4 is 0 Å². The normalized spacial score (nSPS) is 15.0. The monoisotopic (exact) mass is 210 g/mol. The maximum atomic E-state index is 10.0. The van der Waals surface area contributed by atoms with Crippen molar-refractivity contribution < 1.29 is 5.11 Å². The summed E-state index contributed by atoms with van der Waals surface area (Å²) in [7, 11) is 0. The van der Waals surface area contributed by atoms with Gasteiger partial charge in [0.2, 0.25) is 0 Å². The Kier molecular flexibility index (Phi) is 2.17. The third-order valence-corrected chi connectivity index (χ3v) is 3.15. The smallest absolute Gasteiger partial charge is 0.123 e. The molecule has 1 aliphatic rings. The van der Waals surface area contributed by atoms with Crippen LogP contribution in [0.1, 0.15) is 24.3 Å². The summed E-state index contributed by atoms with van der Waals surface area (Å²) >= 11 is 0. The van der Waals surface area contributed by atoms with Gasteiger partial charge < -0.3 is 5.11 Å². The number of rotatable bonds is 2. The zero-order valence-electron chi connectivity index (χ0n) is 9.06. The van der Waals surface area contributed by atoms with Crippen molar-refractivity contribution in [3.63, 3.8) is 0 Å². The maximum absolute atomic E-state index is 10.0. The van der Waals surface area contributed by atoms with Crippen LogP contribution in [0.3, 0.4) is 0 Å². The lowest BCUT2D eigenvalue weighted by atomic mass is 9.96. The lowest BCUT2D eigenvalue weighted by molar-refractivity contribution is 0.476. The number of phenols is 1. The average Bonchev–Trinajstić information content (AvgIpc) is 3.14. The first-order chi connectivity index (χ1) is 7.86. The fourth-order valence-electron chi connectivity index (χ4n) is 2.21. The van der Waals surface area contributed by atoms with Crippen molar-refractivity contribution in [2.45, 2.75) is 18.8 Å². The van der Waals surface area contributed by atoms with Gasteiger partial charge in [-0.05, 0) is 36.0 Å². The minimum atomic E-state index is 0.399. The summed E-state index contributed by atoms with van der Waals surface area (Å²) in [5.74, 6) is 1.05. The molecule has 2 aromatic rings. The highest BCUT2D eigenvalue weighted by atomic mass is 16.3. The van der Waals surface area contributed by atoms with E-state index in [0.29, 0.717) is 11.7 Å². The van der Waals surface area contributed by atoms with Gasteiger partial charge in [-0.3, -0.25) is 0 Å². The highest BCUT2D eigenvalue weighted by Gasteiger charge is 2.27. The molecule has 0 amide bonds. The average molecular weight is 210 g/mol. The highest BCUT2D eigenvalue weighted by Crippen LogP contribution is 2.46. The fraction of sp³-hybridized carbons (Fsp3) is 0.200. The molecular formula is C15H14O. The van der Waals surface area contributed by atoms with E-state index in [1.165, 1.54) is 18.4 Å². The molecule has 2 aromatic carbocycles. The van der Waals surface area contributed by atoms with Crippen molar-refractivity contribution in [1.29, 1.82) is 0 Å². The van der Waals surface area contributed by atoms with Crippen LogP contribution in [-0.2, 0) is 0 Å². The van der Waals surface area contributed by atoms with Gasteiger partial charge in [-0.1, -0.05) is 42.5 Å². The second-order valence-electron chi connectivity index (χ2n) is 4.38. The summed E-state index contributed by atoms with van der Waals surface area (Å²) in [6, 6.07) is 16.0. The Morgan fingerprint density at radius 2 is 1.62 bits per heavy atom. The molecule has 0 radical (unpaired) electrons. The number of benzene rings is 2. The van der Waals surface area contributed by atoms with E-state index in [1.807, 2.05) is 24.3 Å². The zero-order chi connectivity index (χ0) is 11.0. The van der Waals surface area contributed by atoms with Gasteiger partial charge in [0.15, 0.2) is 0 Å². The van der Waals surface area contributed by atoms with Crippen LogP contribution in [0.25, 0.3) is 11.1 Å². The van der Waals surface area contributed by atoms with Gasteiger partial charge in [-0.25, -0.2) is 0 Å². The van der Waals surface area contributed by atoms with Crippen LogP contribution in [0.4, 0.5) is 0 Å². The molecule has 80 valence electrons. The van der Waals surface area contributed by atoms with Crippen LogP contribution >= 0.6 is 0 Å². The van der Waals surface area contributed by atoms with E-state index in [1.54, 1.807) is 6.07 Å². The van der Waals surface area contributed by atoms with Gasteiger partial charge in [-0.2, -0.15) is 0 Å². The van der Waals surface area contributed by atoms with E-state index in [4.69, 9.17) is 0 Å². The largest absolute Gasteiger partial charge is 0.507 e. The molecule has 0 heterocycles. The molecule has 0 aromatic heterocycles. The molecule has 1 N–H and O–H groups in total. The van der Waals surface area contributed by atoms with E-state index >= 15 is 0 Å². The van der Waals surface area contributed by atoms with Gasteiger partial charge in [-0.15, -0.1) is 0 Å². The summed E-state index contributed by atoms with van der Waals surface area (Å²) < 4.78 is 0. The molecule has 0 aliphatic heterocycles. The first-order valence-electron chi connectivity index (χ1n) is 5.73. The van der Waals surface area contributed by atoms with Crippen molar-refractivity contribution in [3.05, 3.63) is 54.1 Å². The Morgan fingerprint density at radius 1 is 0.875 bits per heavy atom. The summed E-state index contributed by atoms with van der Waals surface area (Å²) in [5, 5.41) is 10.0. The third-order valence-electron chi connectivity index (χ3n) is 3.15. The van der Waals surface area contributed by atoms with Crippen molar-refractivity contribution in [3.8, 4) is 16.9 Å². The maximum Gasteiger partial charge on any atom is 0.123 e. The molecule has 0 atom stereocenters. The first kappa shape index (κ1) is 9.46. The van der Waals surface area contributed by atoms with Crippen LogP contribution in [-0.4, -0.2) is 5.11 Å². The summed E-state index contributed by atoms with van der Waals surface area (Å²) in [4.78, 5) is 0. The molecule has 1 aliphatic carbocycles. The minimum Gasteiger partial charge on any atom is -0.507 e. The molecule has 3 rings (SSSR count). The van der Waals surface area contributed by atoms with Gasteiger partial charge in [0, 0.05) is 5.56 Å². The molecular weight excluding hydrogens is 196 g/mol. The molecule has 0 unspecified atom stereocenters. The second-order valence-corrected chi connectivity index (χ2v) is 4.38. The van der Waals surface area contributed by atoms with Gasteiger partial charge in [0.25, 0.3) is 0 Å². The van der Waals surface area contributed by atoms with Crippen LogP contribution in [0, 0.1) is 0 Å². The predicted octanol–water partition coefficient (Wildman–Crippen LogP) is 3.94. The number of aromatic hydroxyl groups is 1. The van der Waals surface area contributed by atoms with E-state index in [9.17, 15) is 5.11 Å². The molecule has 0 bridgehead atoms. The zero-order valence-corrected chi connectivity index (χ0v) is 9.06. The lowest BCUT2D eigenvalue weighted by Crippen LogP contribution is -1.87. The first-order valence-corrected chi connectivity index (χ1v) is 5.73. The molecule has 1 saturated carbocycles. The van der Waals surface area contributed by atoms with E-state index in [0.717, 1.165) is 11.1 Å². The molecule has 16 heavy (non-hydrogen) atoms. The highest BCUT2D eigenvalue weighted by molar-refractivity contribution is 5.74. The fourth-order valence-corrected chi connectivity index (χ4v) is 2.21. The van der Waals surface area contributed by atoms with Crippen molar-refractivity contribution in [2.75, 3.05) is 0 Å². The Hall–Kier alpha value is -1.76. The molecule has 1 fully saturated rings. The summed E-state index contributed by atoms with van der Waals surface area (Å²) in [5.41, 5.74) is 3.43. The van der Waals surface area contributed by atoms with Gasteiger partial charge >= 0.3 is 0 Å². The minimum absolute atomic E-state index is 0.399. The third kappa shape index (κ3) is 1.58. The molecule has 1 nitrogen and oxygen atoms in total. The van der Waals surface area contributed by atoms with Crippen LogP contribution in [0.5, 0.6) is 5.75 Å². The predicted molar refractivity (Wildman–Crippen MR) is 65.5 cm³/mol. The molecule has 0 saturated heterocycles. The van der Waals surface area contributed by atoms with E-state index < -0.39 is 0 Å². The molecule has 1 heteroatoms.